The van der Waals surface area contributed by atoms with Gasteiger partial charge in [0.25, 0.3) is 0 Å². The third kappa shape index (κ3) is 2.41. The standard InChI is InChI=1S/C12H17FN2O2S/c1-12(8-14)5-6-15(9-12)18(16,17)11-4-2-3-10(13)7-11/h2-4,7H,5-6,8-9,14H2,1H3. The summed E-state index contributed by atoms with van der Waals surface area (Å²) in [7, 11) is -3.60. The van der Waals surface area contributed by atoms with Gasteiger partial charge >= 0.3 is 0 Å². The Morgan fingerprint density at radius 2 is 2.22 bits per heavy atom. The summed E-state index contributed by atoms with van der Waals surface area (Å²) in [6.07, 6.45) is 0.734. The van der Waals surface area contributed by atoms with Gasteiger partial charge in [-0.1, -0.05) is 13.0 Å². The maximum atomic E-state index is 13.1. The molecule has 4 nitrogen and oxygen atoms in total. The van der Waals surface area contributed by atoms with Crippen molar-refractivity contribution in [3.8, 4) is 0 Å². The fourth-order valence-corrected chi connectivity index (χ4v) is 3.75. The van der Waals surface area contributed by atoms with Gasteiger partial charge in [-0.25, -0.2) is 12.8 Å². The van der Waals surface area contributed by atoms with E-state index in [1.807, 2.05) is 6.92 Å². The number of hydrogen-bond donors (Lipinski definition) is 1. The second kappa shape index (κ2) is 4.60. The molecule has 1 aromatic rings. The van der Waals surface area contributed by atoms with E-state index in [1.165, 1.54) is 22.5 Å². The van der Waals surface area contributed by atoms with Gasteiger partial charge in [-0.3, -0.25) is 0 Å². The first-order chi connectivity index (χ1) is 8.37. The van der Waals surface area contributed by atoms with Gasteiger partial charge in [0, 0.05) is 13.1 Å². The van der Waals surface area contributed by atoms with Gasteiger partial charge in [0.2, 0.25) is 10.0 Å². The summed E-state index contributed by atoms with van der Waals surface area (Å²) in [5.41, 5.74) is 5.47. The normalized spacial score (nSPS) is 25.5. The SMILES string of the molecule is CC1(CN)CCN(S(=O)(=O)c2cccc(F)c2)C1. The molecule has 1 aliphatic rings. The monoisotopic (exact) mass is 272 g/mol. The summed E-state index contributed by atoms with van der Waals surface area (Å²) in [6.45, 7) is 3.24. The fraction of sp³-hybridized carbons (Fsp3) is 0.500. The van der Waals surface area contributed by atoms with Crippen LogP contribution in [0, 0.1) is 11.2 Å². The molecule has 0 saturated carbocycles. The van der Waals surface area contributed by atoms with Crippen LogP contribution in [-0.4, -0.2) is 32.4 Å². The summed E-state index contributed by atoms with van der Waals surface area (Å²) in [6, 6.07) is 5.09. The van der Waals surface area contributed by atoms with Gasteiger partial charge in [-0.2, -0.15) is 4.31 Å². The smallest absolute Gasteiger partial charge is 0.243 e. The van der Waals surface area contributed by atoms with Crippen LogP contribution in [0.5, 0.6) is 0 Å². The zero-order valence-electron chi connectivity index (χ0n) is 10.3. The number of sulfonamides is 1. The molecule has 2 N–H and O–H groups in total. The predicted molar refractivity (Wildman–Crippen MR) is 66.9 cm³/mol. The van der Waals surface area contributed by atoms with Crippen molar-refractivity contribution in [1.82, 2.24) is 4.31 Å². The molecule has 0 aliphatic carbocycles. The molecule has 0 bridgehead atoms. The molecule has 1 aromatic carbocycles. The largest absolute Gasteiger partial charge is 0.330 e. The first kappa shape index (κ1) is 13.5. The topological polar surface area (TPSA) is 63.4 Å². The Kier molecular flexibility index (Phi) is 3.44. The molecular weight excluding hydrogens is 255 g/mol. The third-order valence-electron chi connectivity index (χ3n) is 3.45. The number of nitrogens with zero attached hydrogens (tertiary/aromatic N) is 1. The molecule has 0 radical (unpaired) electrons. The van der Waals surface area contributed by atoms with E-state index in [0.717, 1.165) is 12.5 Å². The minimum Gasteiger partial charge on any atom is -0.330 e. The lowest BCUT2D eigenvalue weighted by Gasteiger charge is -2.22. The zero-order chi connectivity index (χ0) is 13.4. The average molecular weight is 272 g/mol. The molecule has 1 fully saturated rings. The Morgan fingerprint density at radius 3 is 2.78 bits per heavy atom. The number of benzene rings is 1. The van der Waals surface area contributed by atoms with Gasteiger partial charge in [0.15, 0.2) is 0 Å². The molecule has 100 valence electrons. The maximum absolute atomic E-state index is 13.1. The Hall–Kier alpha value is -0.980. The highest BCUT2D eigenvalue weighted by Crippen LogP contribution is 2.32. The molecule has 0 amide bonds. The Morgan fingerprint density at radius 1 is 1.50 bits per heavy atom. The number of halogens is 1. The van der Waals surface area contributed by atoms with Crippen LogP contribution in [0.2, 0.25) is 0 Å². The molecular formula is C12H17FN2O2S. The minimum atomic E-state index is -3.60. The second-order valence-corrected chi connectivity index (χ2v) is 7.00. The molecule has 0 spiro atoms. The number of rotatable bonds is 3. The molecule has 1 aliphatic heterocycles. The van der Waals surface area contributed by atoms with Crippen LogP contribution in [0.3, 0.4) is 0 Å². The molecule has 1 atom stereocenters. The van der Waals surface area contributed by atoms with Crippen molar-refractivity contribution < 1.29 is 12.8 Å². The first-order valence-electron chi connectivity index (χ1n) is 5.83. The van der Waals surface area contributed by atoms with E-state index < -0.39 is 15.8 Å². The first-order valence-corrected chi connectivity index (χ1v) is 7.27. The van der Waals surface area contributed by atoms with Gasteiger partial charge in [0.1, 0.15) is 5.82 Å². The molecule has 1 heterocycles. The highest BCUT2D eigenvalue weighted by Gasteiger charge is 2.38. The second-order valence-electron chi connectivity index (χ2n) is 5.06. The molecule has 2 rings (SSSR count). The van der Waals surface area contributed by atoms with E-state index in [-0.39, 0.29) is 10.3 Å². The summed E-state index contributed by atoms with van der Waals surface area (Å²) in [5, 5.41) is 0. The fourth-order valence-electron chi connectivity index (χ4n) is 2.13. The van der Waals surface area contributed by atoms with Crippen molar-refractivity contribution in [3.63, 3.8) is 0 Å². The van der Waals surface area contributed by atoms with Crippen LogP contribution in [0.25, 0.3) is 0 Å². The Labute approximate surface area is 107 Å². The van der Waals surface area contributed by atoms with Crippen molar-refractivity contribution in [2.24, 2.45) is 11.1 Å². The lowest BCUT2D eigenvalue weighted by Crippen LogP contribution is -2.34. The summed E-state index contributed by atoms with van der Waals surface area (Å²) in [4.78, 5) is 0.00349. The lowest BCUT2D eigenvalue weighted by molar-refractivity contribution is 0.349. The number of nitrogens with two attached hydrogens (primary N) is 1. The van der Waals surface area contributed by atoms with Crippen molar-refractivity contribution >= 4 is 10.0 Å². The van der Waals surface area contributed by atoms with Crippen LogP contribution in [0.15, 0.2) is 29.2 Å². The predicted octanol–water partition coefficient (Wildman–Crippen LogP) is 1.19. The third-order valence-corrected chi connectivity index (χ3v) is 5.29. The van der Waals surface area contributed by atoms with Gasteiger partial charge in [0.05, 0.1) is 4.90 Å². The molecule has 18 heavy (non-hydrogen) atoms. The number of hydrogen-bond acceptors (Lipinski definition) is 3. The highest BCUT2D eigenvalue weighted by atomic mass is 32.2. The van der Waals surface area contributed by atoms with Crippen molar-refractivity contribution in [2.75, 3.05) is 19.6 Å². The summed E-state index contributed by atoms with van der Waals surface area (Å²) in [5.74, 6) is -0.545. The molecule has 0 aromatic heterocycles. The minimum absolute atomic E-state index is 0.00349. The van der Waals surface area contributed by atoms with Crippen LogP contribution < -0.4 is 5.73 Å². The Balaban J connectivity index is 2.28. The highest BCUT2D eigenvalue weighted by molar-refractivity contribution is 7.89. The van der Waals surface area contributed by atoms with Gasteiger partial charge < -0.3 is 5.73 Å². The summed E-state index contributed by atoms with van der Waals surface area (Å²) < 4.78 is 39.1. The van der Waals surface area contributed by atoms with Crippen LogP contribution in [-0.2, 0) is 10.0 Å². The van der Waals surface area contributed by atoms with E-state index in [2.05, 4.69) is 0 Å². The zero-order valence-corrected chi connectivity index (χ0v) is 11.1. The summed E-state index contributed by atoms with van der Waals surface area (Å²) >= 11 is 0. The lowest BCUT2D eigenvalue weighted by atomic mass is 9.90. The Bertz CT molecular complexity index is 547. The van der Waals surface area contributed by atoms with Crippen molar-refractivity contribution in [2.45, 2.75) is 18.2 Å². The van der Waals surface area contributed by atoms with Gasteiger partial charge in [-0.15, -0.1) is 0 Å². The maximum Gasteiger partial charge on any atom is 0.243 e. The van der Waals surface area contributed by atoms with Gasteiger partial charge in [-0.05, 0) is 36.6 Å². The van der Waals surface area contributed by atoms with E-state index in [1.54, 1.807) is 0 Å². The van der Waals surface area contributed by atoms with E-state index in [4.69, 9.17) is 5.73 Å². The molecule has 6 heteroatoms. The van der Waals surface area contributed by atoms with Crippen LogP contribution in [0.4, 0.5) is 4.39 Å². The molecule has 1 saturated heterocycles. The molecule has 1 unspecified atom stereocenters. The van der Waals surface area contributed by atoms with E-state index >= 15 is 0 Å². The van der Waals surface area contributed by atoms with Crippen LogP contribution >= 0.6 is 0 Å². The van der Waals surface area contributed by atoms with E-state index in [0.29, 0.717) is 19.6 Å². The van der Waals surface area contributed by atoms with Crippen molar-refractivity contribution in [1.29, 1.82) is 0 Å². The van der Waals surface area contributed by atoms with E-state index in [9.17, 15) is 12.8 Å². The van der Waals surface area contributed by atoms with Crippen LogP contribution in [0.1, 0.15) is 13.3 Å². The quantitative estimate of drug-likeness (QED) is 0.899. The average Bonchev–Trinajstić information content (AvgIpc) is 2.73. The van der Waals surface area contributed by atoms with Crippen molar-refractivity contribution in [3.05, 3.63) is 30.1 Å².